The Labute approximate surface area is 127 Å². The minimum absolute atomic E-state index is 0.0310. The molecule has 0 saturated carbocycles. The first-order chi connectivity index (χ1) is 10.1. The number of hydrogen-bond donors (Lipinski definition) is 2. The Balaban J connectivity index is 2.59. The lowest BCUT2D eigenvalue weighted by molar-refractivity contribution is -0.274. The average molecular weight is 319 g/mol. The molecule has 0 aliphatic carbocycles. The monoisotopic (exact) mass is 319 g/mol. The van der Waals surface area contributed by atoms with Crippen molar-refractivity contribution in [3.8, 4) is 5.75 Å². The molecule has 124 valence electrons. The third-order valence-electron chi connectivity index (χ3n) is 3.10. The van der Waals surface area contributed by atoms with Crippen LogP contribution < -0.4 is 10.1 Å². The highest BCUT2D eigenvalue weighted by molar-refractivity contribution is 5.96. The lowest BCUT2D eigenvalue weighted by Crippen LogP contribution is -2.28. The standard InChI is InChI=1S/C15H20F3NO3/c1-14(2,10-20)8-5-9-19-13(21)11-6-3-4-7-12(11)22-15(16,17)18/h3-4,6-7,20H,5,8-10H2,1-2H3,(H,19,21). The number of para-hydroxylation sites is 1. The summed E-state index contributed by atoms with van der Waals surface area (Å²) in [5.41, 5.74) is -0.414. The Kier molecular flexibility index (Phi) is 6.22. The third-order valence-corrected chi connectivity index (χ3v) is 3.10. The van der Waals surface area contributed by atoms with E-state index in [9.17, 15) is 18.0 Å². The maximum Gasteiger partial charge on any atom is 0.573 e. The highest BCUT2D eigenvalue weighted by Crippen LogP contribution is 2.26. The molecule has 0 unspecified atom stereocenters. The second kappa shape index (κ2) is 7.49. The largest absolute Gasteiger partial charge is 0.573 e. The fourth-order valence-corrected chi connectivity index (χ4v) is 1.81. The molecule has 22 heavy (non-hydrogen) atoms. The first-order valence-electron chi connectivity index (χ1n) is 6.88. The summed E-state index contributed by atoms with van der Waals surface area (Å²) in [5, 5.41) is 11.7. The van der Waals surface area contributed by atoms with Gasteiger partial charge in [-0.25, -0.2) is 0 Å². The van der Waals surface area contributed by atoms with Gasteiger partial charge in [0.05, 0.1) is 5.56 Å². The van der Waals surface area contributed by atoms with E-state index in [1.807, 2.05) is 13.8 Å². The minimum Gasteiger partial charge on any atom is -0.405 e. The minimum atomic E-state index is -4.85. The number of carbonyl (C=O) groups is 1. The molecular weight excluding hydrogens is 299 g/mol. The quantitative estimate of drug-likeness (QED) is 0.759. The van der Waals surface area contributed by atoms with E-state index >= 15 is 0 Å². The van der Waals surface area contributed by atoms with Crippen molar-refractivity contribution in [2.45, 2.75) is 33.1 Å². The zero-order chi connectivity index (χ0) is 16.8. The molecule has 0 aliphatic heterocycles. The molecule has 0 radical (unpaired) electrons. The first kappa shape index (κ1) is 18.3. The van der Waals surface area contributed by atoms with Crippen molar-refractivity contribution in [3.05, 3.63) is 29.8 Å². The van der Waals surface area contributed by atoms with Crippen molar-refractivity contribution < 1.29 is 27.8 Å². The number of carbonyl (C=O) groups excluding carboxylic acids is 1. The zero-order valence-corrected chi connectivity index (χ0v) is 12.5. The zero-order valence-electron chi connectivity index (χ0n) is 12.5. The fourth-order valence-electron chi connectivity index (χ4n) is 1.81. The van der Waals surface area contributed by atoms with Crippen LogP contribution in [0.3, 0.4) is 0 Å². The van der Waals surface area contributed by atoms with Crippen LogP contribution in [-0.4, -0.2) is 30.5 Å². The number of hydrogen-bond acceptors (Lipinski definition) is 3. The number of alkyl halides is 3. The van der Waals surface area contributed by atoms with Crippen LogP contribution in [0.2, 0.25) is 0 Å². The summed E-state index contributed by atoms with van der Waals surface area (Å²) >= 11 is 0. The van der Waals surface area contributed by atoms with Gasteiger partial charge in [-0.3, -0.25) is 4.79 Å². The summed E-state index contributed by atoms with van der Waals surface area (Å²) in [7, 11) is 0. The van der Waals surface area contributed by atoms with Crippen LogP contribution in [0, 0.1) is 5.41 Å². The van der Waals surface area contributed by atoms with Crippen molar-refractivity contribution in [1.82, 2.24) is 5.32 Å². The van der Waals surface area contributed by atoms with Crippen molar-refractivity contribution in [3.63, 3.8) is 0 Å². The average Bonchev–Trinajstić information content (AvgIpc) is 2.42. The molecule has 7 heteroatoms. The lowest BCUT2D eigenvalue weighted by atomic mass is 9.89. The molecule has 0 spiro atoms. The number of nitrogens with one attached hydrogen (secondary N) is 1. The van der Waals surface area contributed by atoms with Gasteiger partial charge in [0.25, 0.3) is 5.91 Å². The van der Waals surface area contributed by atoms with Crippen LogP contribution in [0.4, 0.5) is 13.2 Å². The Hall–Kier alpha value is -1.76. The maximum atomic E-state index is 12.3. The molecular formula is C15H20F3NO3. The number of halogens is 3. The van der Waals surface area contributed by atoms with E-state index < -0.39 is 18.0 Å². The van der Waals surface area contributed by atoms with Gasteiger partial charge in [0.1, 0.15) is 5.75 Å². The number of aliphatic hydroxyl groups excluding tert-OH is 1. The van der Waals surface area contributed by atoms with Gasteiger partial charge in [0, 0.05) is 13.2 Å². The van der Waals surface area contributed by atoms with E-state index in [4.69, 9.17) is 5.11 Å². The van der Waals surface area contributed by atoms with Crippen LogP contribution in [0.15, 0.2) is 24.3 Å². The highest BCUT2D eigenvalue weighted by Gasteiger charge is 2.32. The summed E-state index contributed by atoms with van der Waals surface area (Å²) in [5.74, 6) is -1.15. The molecule has 0 aliphatic rings. The fraction of sp³-hybridized carbons (Fsp3) is 0.533. The van der Waals surface area contributed by atoms with Gasteiger partial charge in [-0.2, -0.15) is 0 Å². The normalized spacial score (nSPS) is 12.1. The molecule has 0 saturated heterocycles. The number of ether oxygens (including phenoxy) is 1. The van der Waals surface area contributed by atoms with E-state index in [2.05, 4.69) is 10.1 Å². The van der Waals surface area contributed by atoms with Crippen LogP contribution in [0.25, 0.3) is 0 Å². The van der Waals surface area contributed by atoms with Gasteiger partial charge >= 0.3 is 6.36 Å². The molecule has 0 fully saturated rings. The van der Waals surface area contributed by atoms with Crippen molar-refractivity contribution in [1.29, 1.82) is 0 Å². The van der Waals surface area contributed by atoms with Crippen molar-refractivity contribution in [2.75, 3.05) is 13.2 Å². The summed E-state index contributed by atoms with van der Waals surface area (Å²) in [6, 6.07) is 5.19. The summed E-state index contributed by atoms with van der Waals surface area (Å²) in [6.07, 6.45) is -3.55. The second-order valence-corrected chi connectivity index (χ2v) is 5.73. The second-order valence-electron chi connectivity index (χ2n) is 5.73. The van der Waals surface area contributed by atoms with Gasteiger partial charge in [-0.1, -0.05) is 26.0 Å². The van der Waals surface area contributed by atoms with Crippen molar-refractivity contribution in [2.24, 2.45) is 5.41 Å². The Bertz CT molecular complexity index is 501. The molecule has 0 heterocycles. The van der Waals surface area contributed by atoms with Gasteiger partial charge in [0.15, 0.2) is 0 Å². The predicted octanol–water partition coefficient (Wildman–Crippen LogP) is 3.11. The molecule has 0 aromatic heterocycles. The summed E-state index contributed by atoms with van der Waals surface area (Å²) in [4.78, 5) is 11.9. The molecule has 0 atom stereocenters. The number of benzene rings is 1. The lowest BCUT2D eigenvalue weighted by Gasteiger charge is -2.21. The van der Waals surface area contributed by atoms with E-state index in [-0.39, 0.29) is 17.6 Å². The van der Waals surface area contributed by atoms with Crippen LogP contribution in [-0.2, 0) is 0 Å². The smallest absolute Gasteiger partial charge is 0.405 e. The van der Waals surface area contributed by atoms with E-state index in [0.717, 1.165) is 6.07 Å². The van der Waals surface area contributed by atoms with E-state index in [1.54, 1.807) is 0 Å². The van der Waals surface area contributed by atoms with Gasteiger partial charge in [0.2, 0.25) is 0 Å². The third kappa shape index (κ3) is 6.34. The topological polar surface area (TPSA) is 58.6 Å². The number of aliphatic hydroxyl groups is 1. The van der Waals surface area contributed by atoms with Crippen LogP contribution in [0.5, 0.6) is 5.75 Å². The van der Waals surface area contributed by atoms with Gasteiger partial charge in [-0.15, -0.1) is 13.2 Å². The Morgan fingerprint density at radius 1 is 1.27 bits per heavy atom. The molecule has 1 aromatic carbocycles. The van der Waals surface area contributed by atoms with Crippen LogP contribution in [0.1, 0.15) is 37.0 Å². The molecule has 1 aromatic rings. The predicted molar refractivity (Wildman–Crippen MR) is 75.6 cm³/mol. The molecule has 2 N–H and O–H groups in total. The summed E-state index contributed by atoms with van der Waals surface area (Å²) < 4.78 is 40.7. The Morgan fingerprint density at radius 3 is 2.50 bits per heavy atom. The molecule has 1 rings (SSSR count). The first-order valence-corrected chi connectivity index (χ1v) is 6.88. The SMILES string of the molecule is CC(C)(CO)CCCNC(=O)c1ccccc1OC(F)(F)F. The maximum absolute atomic E-state index is 12.3. The molecule has 1 amide bonds. The van der Waals surface area contributed by atoms with Gasteiger partial charge < -0.3 is 15.2 Å². The number of amides is 1. The van der Waals surface area contributed by atoms with E-state index in [0.29, 0.717) is 19.4 Å². The van der Waals surface area contributed by atoms with E-state index in [1.165, 1.54) is 18.2 Å². The molecule has 4 nitrogen and oxygen atoms in total. The van der Waals surface area contributed by atoms with Gasteiger partial charge in [-0.05, 0) is 30.4 Å². The van der Waals surface area contributed by atoms with Crippen LogP contribution >= 0.6 is 0 Å². The Morgan fingerprint density at radius 2 is 1.91 bits per heavy atom. The summed E-state index contributed by atoms with van der Waals surface area (Å²) in [6.45, 7) is 4.12. The highest BCUT2D eigenvalue weighted by atomic mass is 19.4. The molecule has 0 bridgehead atoms. The number of rotatable bonds is 7. The van der Waals surface area contributed by atoms with Crippen molar-refractivity contribution >= 4 is 5.91 Å².